The second-order valence-electron chi connectivity index (χ2n) is 7.31. The van der Waals surface area contributed by atoms with Gasteiger partial charge in [0.1, 0.15) is 12.9 Å². The Hall–Kier alpha value is -3.00. The summed E-state index contributed by atoms with van der Waals surface area (Å²) in [5.41, 5.74) is 9.70. The van der Waals surface area contributed by atoms with Gasteiger partial charge in [-0.05, 0) is 79.4 Å². The van der Waals surface area contributed by atoms with E-state index in [2.05, 4.69) is 74.9 Å². The van der Waals surface area contributed by atoms with Crippen LogP contribution in [0.15, 0.2) is 66.7 Å². The van der Waals surface area contributed by atoms with Crippen LogP contribution in [0, 0.1) is 26.6 Å². The quantitative estimate of drug-likeness (QED) is 0.384. The Morgan fingerprint density at radius 2 is 1.44 bits per heavy atom. The zero-order chi connectivity index (χ0) is 19.1. The maximum Gasteiger partial charge on any atom is 0.213 e. The molecule has 0 aliphatic heterocycles. The minimum absolute atomic E-state index is 0.209. The largest absolute Gasteiger partial charge is 0.213 e. The Bertz CT molecular complexity index is 1160. The number of rotatable bonds is 2. The topological polar surface area (TPSA) is 3.88 Å². The number of halogens is 1. The van der Waals surface area contributed by atoms with Crippen molar-refractivity contribution in [2.45, 2.75) is 20.8 Å². The summed E-state index contributed by atoms with van der Waals surface area (Å²) in [4.78, 5) is 0. The number of aryl methyl sites for hydroxylation is 3. The third-order valence-corrected chi connectivity index (χ3v) is 5.44. The Morgan fingerprint density at radius 1 is 0.741 bits per heavy atom. The maximum absolute atomic E-state index is 13.2. The summed E-state index contributed by atoms with van der Waals surface area (Å²) in [6.45, 7) is 6.50. The van der Waals surface area contributed by atoms with Gasteiger partial charge in [-0.3, -0.25) is 0 Å². The van der Waals surface area contributed by atoms with E-state index in [4.69, 9.17) is 0 Å². The number of hydrogen-bond acceptors (Lipinski definition) is 0. The fourth-order valence-corrected chi connectivity index (χ4v) is 3.80. The summed E-state index contributed by atoms with van der Waals surface area (Å²) in [6, 6.07) is 21.9. The predicted molar refractivity (Wildman–Crippen MR) is 110 cm³/mol. The molecule has 134 valence electrons. The molecule has 0 saturated carbocycles. The summed E-state index contributed by atoms with van der Waals surface area (Å²) in [5, 5.41) is 1.17. The average molecular weight is 356 g/mol. The molecule has 0 aliphatic carbocycles. The Balaban J connectivity index is 1.86. The van der Waals surface area contributed by atoms with Crippen molar-refractivity contribution in [3.8, 4) is 22.4 Å². The Labute approximate surface area is 159 Å². The third-order valence-electron chi connectivity index (χ3n) is 5.44. The molecule has 3 aromatic carbocycles. The molecule has 0 amide bonds. The lowest BCUT2D eigenvalue weighted by molar-refractivity contribution is -0.633. The van der Waals surface area contributed by atoms with Gasteiger partial charge < -0.3 is 0 Å². The lowest BCUT2D eigenvalue weighted by atomic mass is 9.96. The number of hydrogen-bond donors (Lipinski definition) is 0. The van der Waals surface area contributed by atoms with E-state index in [1.54, 1.807) is 0 Å². The summed E-state index contributed by atoms with van der Waals surface area (Å²) >= 11 is 0. The zero-order valence-electron chi connectivity index (χ0n) is 16.2. The highest BCUT2D eigenvalue weighted by Crippen LogP contribution is 2.28. The lowest BCUT2D eigenvalue weighted by Crippen LogP contribution is -2.32. The van der Waals surface area contributed by atoms with Crippen molar-refractivity contribution in [1.82, 2.24) is 0 Å². The number of nitrogens with zero attached hydrogens (tertiary/aromatic N) is 1. The molecule has 0 spiro atoms. The highest BCUT2D eigenvalue weighted by atomic mass is 19.1. The van der Waals surface area contributed by atoms with E-state index in [0.717, 1.165) is 11.1 Å². The van der Waals surface area contributed by atoms with Crippen molar-refractivity contribution in [2.24, 2.45) is 7.05 Å². The molecular weight excluding hydrogens is 333 g/mol. The molecule has 0 saturated heterocycles. The van der Waals surface area contributed by atoms with Crippen LogP contribution in [0.25, 0.3) is 33.3 Å². The Morgan fingerprint density at radius 3 is 2.19 bits per heavy atom. The van der Waals surface area contributed by atoms with Crippen molar-refractivity contribution >= 4 is 10.9 Å². The number of benzene rings is 3. The molecule has 4 rings (SSSR count). The molecule has 0 aliphatic rings. The average Bonchev–Trinajstić information content (AvgIpc) is 2.65. The van der Waals surface area contributed by atoms with E-state index in [1.165, 1.54) is 51.0 Å². The molecule has 0 radical (unpaired) electrons. The summed E-state index contributed by atoms with van der Waals surface area (Å²) in [6.07, 6.45) is 0. The number of aromatic nitrogens is 1. The van der Waals surface area contributed by atoms with Crippen molar-refractivity contribution in [2.75, 3.05) is 0 Å². The van der Waals surface area contributed by atoms with E-state index in [1.807, 2.05) is 12.1 Å². The fraction of sp³-hybridized carbons (Fsp3) is 0.160. The molecule has 0 atom stereocenters. The second-order valence-corrected chi connectivity index (χ2v) is 7.31. The standard InChI is InChI=1S/C25H23FN/c1-16-13-17(2)18(3)23(14-16)25-12-8-21-15-20(7-11-24(21)27(25)4)19-5-9-22(26)10-6-19/h5-15H,1-4H3/q+1. The van der Waals surface area contributed by atoms with E-state index < -0.39 is 0 Å². The summed E-state index contributed by atoms with van der Waals surface area (Å²) in [7, 11) is 2.12. The van der Waals surface area contributed by atoms with Crippen LogP contribution in [0.4, 0.5) is 4.39 Å². The molecule has 27 heavy (non-hydrogen) atoms. The Kier molecular flexibility index (Phi) is 4.27. The molecule has 0 fully saturated rings. The molecule has 1 nitrogen and oxygen atoms in total. The first-order valence-electron chi connectivity index (χ1n) is 9.21. The predicted octanol–water partition coefficient (Wildman–Crippen LogP) is 6.06. The number of pyridine rings is 1. The van der Waals surface area contributed by atoms with Gasteiger partial charge in [-0.25, -0.2) is 4.39 Å². The van der Waals surface area contributed by atoms with E-state index in [9.17, 15) is 4.39 Å². The van der Waals surface area contributed by atoms with Crippen molar-refractivity contribution in [3.63, 3.8) is 0 Å². The van der Waals surface area contributed by atoms with E-state index in [0.29, 0.717) is 0 Å². The van der Waals surface area contributed by atoms with Crippen molar-refractivity contribution < 1.29 is 8.96 Å². The van der Waals surface area contributed by atoms with E-state index >= 15 is 0 Å². The molecule has 1 heterocycles. The van der Waals surface area contributed by atoms with Gasteiger partial charge in [-0.15, -0.1) is 0 Å². The van der Waals surface area contributed by atoms with E-state index in [-0.39, 0.29) is 5.82 Å². The van der Waals surface area contributed by atoms with Gasteiger partial charge in [0.2, 0.25) is 11.2 Å². The fourth-order valence-electron chi connectivity index (χ4n) is 3.80. The van der Waals surface area contributed by atoms with Crippen molar-refractivity contribution in [3.05, 3.63) is 89.2 Å². The summed E-state index contributed by atoms with van der Waals surface area (Å²) < 4.78 is 15.5. The van der Waals surface area contributed by atoms with Gasteiger partial charge in [-0.2, -0.15) is 4.57 Å². The van der Waals surface area contributed by atoms with Crippen LogP contribution in [0.3, 0.4) is 0 Å². The lowest BCUT2D eigenvalue weighted by Gasteiger charge is -2.11. The molecule has 0 unspecified atom stereocenters. The van der Waals surface area contributed by atoms with Gasteiger partial charge >= 0.3 is 0 Å². The van der Waals surface area contributed by atoms with Crippen LogP contribution >= 0.6 is 0 Å². The van der Waals surface area contributed by atoms with Crippen LogP contribution in [-0.4, -0.2) is 0 Å². The zero-order valence-corrected chi connectivity index (χ0v) is 16.2. The molecular formula is C25H23FN+. The van der Waals surface area contributed by atoms with Gasteiger partial charge in [0.05, 0.1) is 0 Å². The van der Waals surface area contributed by atoms with Crippen LogP contribution in [0.1, 0.15) is 16.7 Å². The van der Waals surface area contributed by atoms with Crippen LogP contribution in [-0.2, 0) is 7.05 Å². The molecule has 0 bridgehead atoms. The van der Waals surface area contributed by atoms with Crippen LogP contribution < -0.4 is 4.57 Å². The minimum atomic E-state index is -0.209. The first-order chi connectivity index (χ1) is 12.9. The van der Waals surface area contributed by atoms with Crippen molar-refractivity contribution in [1.29, 1.82) is 0 Å². The molecule has 2 heteroatoms. The SMILES string of the molecule is Cc1cc(C)c(C)c(-c2ccc3cc(-c4ccc(F)cc4)ccc3[n+]2C)c1. The van der Waals surface area contributed by atoms with Gasteiger partial charge in [-0.1, -0.05) is 23.8 Å². The normalized spacial score (nSPS) is 11.1. The van der Waals surface area contributed by atoms with Gasteiger partial charge in [0, 0.05) is 23.1 Å². The maximum atomic E-state index is 13.2. The minimum Gasteiger partial charge on any atom is -0.207 e. The smallest absolute Gasteiger partial charge is 0.207 e. The second kappa shape index (κ2) is 6.62. The third kappa shape index (κ3) is 3.12. The molecule has 1 aromatic heterocycles. The highest BCUT2D eigenvalue weighted by molar-refractivity contribution is 5.84. The number of fused-ring (bicyclic) bond motifs is 1. The van der Waals surface area contributed by atoms with Gasteiger partial charge in [0.25, 0.3) is 0 Å². The monoisotopic (exact) mass is 356 g/mol. The highest BCUT2D eigenvalue weighted by Gasteiger charge is 2.17. The summed E-state index contributed by atoms with van der Waals surface area (Å²) in [5.74, 6) is -0.209. The first kappa shape index (κ1) is 17.4. The molecule has 0 N–H and O–H groups in total. The van der Waals surface area contributed by atoms with Gasteiger partial charge in [0.15, 0.2) is 0 Å². The van der Waals surface area contributed by atoms with Crippen LogP contribution in [0.5, 0.6) is 0 Å². The van der Waals surface area contributed by atoms with Crippen LogP contribution in [0.2, 0.25) is 0 Å². The first-order valence-corrected chi connectivity index (χ1v) is 9.21. The molecule has 4 aromatic rings.